The molecule has 0 spiro atoms. The Labute approximate surface area is 134 Å². The van der Waals surface area contributed by atoms with Crippen LogP contribution in [0.15, 0.2) is 24.3 Å². The summed E-state index contributed by atoms with van der Waals surface area (Å²) in [5.74, 6) is -0.360. The van der Waals surface area contributed by atoms with Gasteiger partial charge in [-0.15, -0.1) is 0 Å². The van der Waals surface area contributed by atoms with Crippen molar-refractivity contribution >= 4 is 5.91 Å². The fraction of sp³-hybridized carbons (Fsp3) is 0.588. The second-order valence-electron chi connectivity index (χ2n) is 6.45. The van der Waals surface area contributed by atoms with Crippen molar-refractivity contribution in [3.05, 3.63) is 35.4 Å². The third-order valence-corrected chi connectivity index (χ3v) is 4.66. The number of hydrogen-bond acceptors (Lipinski definition) is 2. The number of hydrogen-bond donors (Lipinski definition) is 1. The van der Waals surface area contributed by atoms with Crippen LogP contribution in [0.4, 0.5) is 13.2 Å². The molecule has 1 aromatic carbocycles. The van der Waals surface area contributed by atoms with E-state index < -0.39 is 11.7 Å². The fourth-order valence-electron chi connectivity index (χ4n) is 3.33. The molecule has 0 heterocycles. The van der Waals surface area contributed by atoms with Crippen LogP contribution in [0.1, 0.15) is 36.8 Å². The van der Waals surface area contributed by atoms with E-state index in [9.17, 15) is 23.1 Å². The molecule has 3 nitrogen and oxygen atoms in total. The zero-order valence-electron chi connectivity index (χ0n) is 13.2. The Bertz CT molecular complexity index is 551. The zero-order chi connectivity index (χ0) is 17.1. The summed E-state index contributed by atoms with van der Waals surface area (Å²) in [4.78, 5) is 13.8. The number of aliphatic hydroxyl groups is 1. The summed E-state index contributed by atoms with van der Waals surface area (Å²) in [7, 11) is 1.59. The predicted molar refractivity (Wildman–Crippen MR) is 80.8 cm³/mol. The molecule has 0 radical (unpaired) electrons. The Morgan fingerprint density at radius 2 is 1.87 bits per heavy atom. The van der Waals surface area contributed by atoms with Gasteiger partial charge in [-0.3, -0.25) is 4.79 Å². The smallest absolute Gasteiger partial charge is 0.396 e. The minimum absolute atomic E-state index is 0.00373. The second kappa shape index (κ2) is 6.91. The molecule has 0 saturated heterocycles. The number of carbonyl (C=O) groups excluding carboxylic acids is 1. The Morgan fingerprint density at radius 1 is 1.26 bits per heavy atom. The van der Waals surface area contributed by atoms with Crippen molar-refractivity contribution in [2.24, 2.45) is 5.41 Å². The third-order valence-electron chi connectivity index (χ3n) is 4.66. The molecule has 1 aliphatic rings. The van der Waals surface area contributed by atoms with Crippen LogP contribution in [0.3, 0.4) is 0 Å². The van der Waals surface area contributed by atoms with Gasteiger partial charge in [-0.25, -0.2) is 0 Å². The molecule has 0 atom stereocenters. The molecule has 23 heavy (non-hydrogen) atoms. The molecule has 2 rings (SSSR count). The van der Waals surface area contributed by atoms with E-state index in [1.165, 1.54) is 23.1 Å². The van der Waals surface area contributed by atoms with Crippen molar-refractivity contribution in [3.63, 3.8) is 0 Å². The van der Waals surface area contributed by atoms with Gasteiger partial charge in [0.05, 0.1) is 18.6 Å². The van der Waals surface area contributed by atoms with Gasteiger partial charge in [0.15, 0.2) is 0 Å². The lowest BCUT2D eigenvalue weighted by molar-refractivity contribution is -0.138. The summed E-state index contributed by atoms with van der Waals surface area (Å²) in [5.41, 5.74) is -1.07. The molecule has 1 N–H and O–H groups in total. The SMILES string of the molecule is CN(CC1(CO)CCCC1)C(=O)Cc1ccccc1C(F)(F)F. The summed E-state index contributed by atoms with van der Waals surface area (Å²) < 4.78 is 39.0. The number of amides is 1. The second-order valence-corrected chi connectivity index (χ2v) is 6.45. The molecule has 0 unspecified atom stereocenters. The van der Waals surface area contributed by atoms with Gasteiger partial charge in [-0.2, -0.15) is 13.2 Å². The van der Waals surface area contributed by atoms with Gasteiger partial charge in [0.25, 0.3) is 0 Å². The van der Waals surface area contributed by atoms with Crippen LogP contribution in [-0.4, -0.2) is 36.1 Å². The Kier molecular flexibility index (Phi) is 5.34. The standard InChI is InChI=1S/C17H22F3NO2/c1-21(11-16(12-22)8-4-5-9-16)15(23)10-13-6-2-3-7-14(13)17(18,19)20/h2-3,6-7,22H,4-5,8-12H2,1H3. The van der Waals surface area contributed by atoms with Gasteiger partial charge < -0.3 is 10.0 Å². The number of carbonyl (C=O) groups is 1. The third kappa shape index (κ3) is 4.25. The minimum atomic E-state index is -4.47. The van der Waals surface area contributed by atoms with Crippen LogP contribution in [0.25, 0.3) is 0 Å². The summed E-state index contributed by atoms with van der Waals surface area (Å²) in [6.45, 7) is 0.389. The number of rotatable bonds is 5. The summed E-state index contributed by atoms with van der Waals surface area (Å²) in [6.07, 6.45) is -1.03. The van der Waals surface area contributed by atoms with Crippen molar-refractivity contribution in [1.82, 2.24) is 4.90 Å². The fourth-order valence-corrected chi connectivity index (χ4v) is 3.33. The highest BCUT2D eigenvalue weighted by atomic mass is 19.4. The van der Waals surface area contributed by atoms with E-state index in [0.717, 1.165) is 31.7 Å². The monoisotopic (exact) mass is 329 g/mol. The molecule has 1 aliphatic carbocycles. The molecule has 0 aliphatic heterocycles. The maximum absolute atomic E-state index is 13.0. The normalized spacial score (nSPS) is 17.3. The Balaban J connectivity index is 2.07. The molecular weight excluding hydrogens is 307 g/mol. The lowest BCUT2D eigenvalue weighted by Gasteiger charge is -2.32. The minimum Gasteiger partial charge on any atom is -0.396 e. The molecule has 1 fully saturated rings. The number of alkyl halides is 3. The first-order valence-electron chi connectivity index (χ1n) is 7.77. The van der Waals surface area contributed by atoms with E-state index in [1.807, 2.05) is 0 Å². The van der Waals surface area contributed by atoms with E-state index in [2.05, 4.69) is 0 Å². The molecular formula is C17H22F3NO2. The number of benzene rings is 1. The predicted octanol–water partition coefficient (Wildman–Crippen LogP) is 3.26. The first kappa shape index (κ1) is 17.8. The average molecular weight is 329 g/mol. The lowest BCUT2D eigenvalue weighted by atomic mass is 9.86. The van der Waals surface area contributed by atoms with Crippen LogP contribution in [0.5, 0.6) is 0 Å². The molecule has 1 saturated carbocycles. The molecule has 128 valence electrons. The van der Waals surface area contributed by atoms with E-state index in [4.69, 9.17) is 0 Å². The van der Waals surface area contributed by atoms with Crippen LogP contribution >= 0.6 is 0 Å². The van der Waals surface area contributed by atoms with Gasteiger partial charge in [0.1, 0.15) is 0 Å². The van der Waals surface area contributed by atoms with E-state index in [-0.39, 0.29) is 29.9 Å². The quantitative estimate of drug-likeness (QED) is 0.901. The van der Waals surface area contributed by atoms with Gasteiger partial charge in [0, 0.05) is 19.0 Å². The molecule has 0 bridgehead atoms. The van der Waals surface area contributed by atoms with Gasteiger partial charge in [-0.05, 0) is 24.5 Å². The van der Waals surface area contributed by atoms with Gasteiger partial charge in [-0.1, -0.05) is 31.0 Å². The summed E-state index contributed by atoms with van der Waals surface area (Å²) >= 11 is 0. The van der Waals surface area contributed by atoms with Crippen molar-refractivity contribution in [3.8, 4) is 0 Å². The van der Waals surface area contributed by atoms with Crippen molar-refractivity contribution < 1.29 is 23.1 Å². The summed E-state index contributed by atoms with van der Waals surface area (Å²) in [6, 6.07) is 5.16. The molecule has 0 aromatic heterocycles. The van der Waals surface area contributed by atoms with Gasteiger partial charge >= 0.3 is 6.18 Å². The summed E-state index contributed by atoms with van der Waals surface area (Å²) in [5, 5.41) is 9.60. The topological polar surface area (TPSA) is 40.5 Å². The molecule has 6 heteroatoms. The van der Waals surface area contributed by atoms with Crippen molar-refractivity contribution in [2.45, 2.75) is 38.3 Å². The number of halogens is 3. The molecule has 1 amide bonds. The van der Waals surface area contributed by atoms with E-state index in [0.29, 0.717) is 6.54 Å². The van der Waals surface area contributed by atoms with Crippen molar-refractivity contribution in [2.75, 3.05) is 20.2 Å². The largest absolute Gasteiger partial charge is 0.416 e. The van der Waals surface area contributed by atoms with Crippen molar-refractivity contribution in [1.29, 1.82) is 0 Å². The number of nitrogens with zero attached hydrogens (tertiary/aromatic N) is 1. The van der Waals surface area contributed by atoms with Crippen LogP contribution < -0.4 is 0 Å². The van der Waals surface area contributed by atoms with Gasteiger partial charge in [0.2, 0.25) is 5.91 Å². The maximum Gasteiger partial charge on any atom is 0.416 e. The first-order chi connectivity index (χ1) is 10.8. The Morgan fingerprint density at radius 3 is 2.43 bits per heavy atom. The van der Waals surface area contributed by atoms with Crippen LogP contribution in [0.2, 0.25) is 0 Å². The Hall–Kier alpha value is -1.56. The van der Waals surface area contributed by atoms with Crippen LogP contribution in [-0.2, 0) is 17.4 Å². The first-order valence-corrected chi connectivity index (χ1v) is 7.77. The average Bonchev–Trinajstić information content (AvgIpc) is 2.95. The lowest BCUT2D eigenvalue weighted by Crippen LogP contribution is -2.40. The van der Waals surface area contributed by atoms with E-state index in [1.54, 1.807) is 7.05 Å². The highest BCUT2D eigenvalue weighted by molar-refractivity contribution is 5.79. The van der Waals surface area contributed by atoms with Crippen LogP contribution in [0, 0.1) is 5.41 Å². The molecule has 1 aromatic rings. The zero-order valence-corrected chi connectivity index (χ0v) is 13.2. The highest BCUT2D eigenvalue weighted by Crippen LogP contribution is 2.38. The van der Waals surface area contributed by atoms with E-state index >= 15 is 0 Å². The highest BCUT2D eigenvalue weighted by Gasteiger charge is 2.36. The maximum atomic E-state index is 13.0. The number of likely N-dealkylation sites (N-methyl/N-ethyl adjacent to an activating group) is 1. The number of aliphatic hydroxyl groups excluding tert-OH is 1.